The summed E-state index contributed by atoms with van der Waals surface area (Å²) in [6.07, 6.45) is -4.83. The maximum atomic E-state index is 12.8. The summed E-state index contributed by atoms with van der Waals surface area (Å²) >= 11 is 5.74. The van der Waals surface area contributed by atoms with Crippen molar-refractivity contribution in [3.63, 3.8) is 0 Å². The maximum Gasteiger partial charge on any atom is 0.416 e. The second kappa shape index (κ2) is 6.24. The van der Waals surface area contributed by atoms with Gasteiger partial charge < -0.3 is 10.5 Å². The molecule has 134 valence electrons. The highest BCUT2D eigenvalue weighted by molar-refractivity contribution is 6.32. The highest BCUT2D eigenvalue weighted by Crippen LogP contribution is 2.43. The lowest BCUT2D eigenvalue weighted by atomic mass is 10.2. The minimum atomic E-state index is -4.83. The minimum absolute atomic E-state index is 0.249. The molecule has 2 N–H and O–H groups in total. The second-order valence-electron chi connectivity index (χ2n) is 4.93. The quantitative estimate of drug-likeness (QED) is 0.644. The van der Waals surface area contributed by atoms with Gasteiger partial charge in [-0.2, -0.15) is 17.9 Å². The third kappa shape index (κ3) is 3.50. The van der Waals surface area contributed by atoms with Crippen molar-refractivity contribution in [3.8, 4) is 11.6 Å². The van der Waals surface area contributed by atoms with Gasteiger partial charge in [-0.05, 0) is 19.9 Å². The molecule has 12 heteroatoms. The van der Waals surface area contributed by atoms with E-state index in [1.165, 1.54) is 13.8 Å². The van der Waals surface area contributed by atoms with Crippen molar-refractivity contribution in [2.75, 3.05) is 0 Å². The Bertz CT molecular complexity index is 879. The van der Waals surface area contributed by atoms with Gasteiger partial charge in [-0.3, -0.25) is 10.1 Å². The van der Waals surface area contributed by atoms with Gasteiger partial charge in [0.15, 0.2) is 0 Å². The zero-order chi connectivity index (χ0) is 19.1. The number of nitrogens with two attached hydrogens (primary N) is 1. The number of nitro benzene ring substituents is 1. The molecule has 0 aliphatic carbocycles. The Labute approximate surface area is 143 Å². The number of benzene rings is 1. The number of ether oxygens (including phenoxy) is 1. The van der Waals surface area contributed by atoms with Gasteiger partial charge in [0.25, 0.3) is 0 Å². The number of rotatable bonds is 3. The van der Waals surface area contributed by atoms with Crippen LogP contribution in [0.25, 0.3) is 0 Å². The predicted octanol–water partition coefficient (Wildman–Crippen LogP) is 3.80. The molecule has 0 radical (unpaired) electrons. The van der Waals surface area contributed by atoms with Crippen LogP contribution in [0.2, 0.25) is 5.02 Å². The van der Waals surface area contributed by atoms with Crippen molar-refractivity contribution in [2.24, 2.45) is 5.73 Å². The molecule has 0 atom stereocenters. The van der Waals surface area contributed by atoms with Gasteiger partial charge in [-0.1, -0.05) is 11.6 Å². The number of alkyl halides is 3. The van der Waals surface area contributed by atoms with Crippen LogP contribution in [-0.2, 0) is 6.18 Å². The summed E-state index contributed by atoms with van der Waals surface area (Å²) in [6.45, 7) is 2.98. The molecule has 1 aromatic carbocycles. The first-order chi connectivity index (χ1) is 11.4. The molecule has 25 heavy (non-hydrogen) atoms. The van der Waals surface area contributed by atoms with E-state index in [2.05, 4.69) is 5.10 Å². The molecular weight excluding hydrogens is 369 g/mol. The van der Waals surface area contributed by atoms with Crippen LogP contribution < -0.4 is 10.5 Å². The summed E-state index contributed by atoms with van der Waals surface area (Å²) in [5.74, 6) is -0.877. The molecule has 0 saturated heterocycles. The number of carbonyl (C=O) groups excluding carboxylic acids is 1. The molecule has 1 aromatic heterocycles. The van der Waals surface area contributed by atoms with Gasteiger partial charge in [0.05, 0.1) is 21.2 Å². The summed E-state index contributed by atoms with van der Waals surface area (Å²) < 4.78 is 44.4. The van der Waals surface area contributed by atoms with E-state index in [4.69, 9.17) is 22.1 Å². The van der Waals surface area contributed by atoms with Crippen LogP contribution in [0.15, 0.2) is 12.1 Å². The average Bonchev–Trinajstić information content (AvgIpc) is 2.76. The molecule has 2 rings (SSSR count). The second-order valence-corrected chi connectivity index (χ2v) is 5.34. The van der Waals surface area contributed by atoms with E-state index in [1.54, 1.807) is 0 Å². The summed E-state index contributed by atoms with van der Waals surface area (Å²) in [6, 6.07) is -0.130. The highest BCUT2D eigenvalue weighted by atomic mass is 35.5. The highest BCUT2D eigenvalue weighted by Gasteiger charge is 2.35. The Morgan fingerprint density at radius 3 is 2.44 bits per heavy atom. The summed E-state index contributed by atoms with van der Waals surface area (Å²) in [5, 5.41) is 14.2. The molecule has 0 unspecified atom stereocenters. The largest absolute Gasteiger partial charge is 0.428 e. The smallest absolute Gasteiger partial charge is 0.416 e. The molecule has 1 amide bonds. The van der Waals surface area contributed by atoms with E-state index in [9.17, 15) is 28.1 Å². The third-order valence-corrected chi connectivity index (χ3v) is 3.61. The predicted molar refractivity (Wildman–Crippen MR) is 79.9 cm³/mol. The SMILES string of the molecule is Cc1c(Oc2c(Cl)cc(C(F)(F)F)cc2[N+](=O)[O-])nn(C(N)=O)c1C. The number of amides is 1. The summed E-state index contributed by atoms with van der Waals surface area (Å²) in [7, 11) is 0. The Hall–Kier alpha value is -2.82. The number of nitrogens with zero attached hydrogens (tertiary/aromatic N) is 3. The number of nitro groups is 1. The molecular formula is C13H10ClF3N4O4. The first-order valence-electron chi connectivity index (χ1n) is 6.52. The van der Waals surface area contributed by atoms with Crippen LogP contribution in [0.1, 0.15) is 16.8 Å². The van der Waals surface area contributed by atoms with Crippen molar-refractivity contribution in [2.45, 2.75) is 20.0 Å². The van der Waals surface area contributed by atoms with Crippen LogP contribution in [0.3, 0.4) is 0 Å². The normalized spacial score (nSPS) is 11.4. The van der Waals surface area contributed by atoms with E-state index in [0.717, 1.165) is 4.68 Å². The molecule has 0 aliphatic rings. The standard InChI is InChI=1S/C13H10ClF3N4O4/c1-5-6(2)20(12(18)22)19-11(5)25-10-8(14)3-7(13(15,16)17)4-9(10)21(23)24/h3-4H,1-2H3,(H2,18,22). The number of aromatic nitrogens is 2. The first-order valence-corrected chi connectivity index (χ1v) is 6.90. The van der Waals surface area contributed by atoms with Gasteiger partial charge in [0, 0.05) is 11.6 Å². The topological polar surface area (TPSA) is 113 Å². The number of carbonyl (C=O) groups is 1. The summed E-state index contributed by atoms with van der Waals surface area (Å²) in [5.41, 5.74) is 3.43. The maximum absolute atomic E-state index is 12.8. The Kier molecular flexibility index (Phi) is 4.62. The molecule has 8 nitrogen and oxygen atoms in total. The molecule has 0 bridgehead atoms. The van der Waals surface area contributed by atoms with Crippen molar-refractivity contribution >= 4 is 23.3 Å². The average molecular weight is 379 g/mol. The van der Waals surface area contributed by atoms with Crippen molar-refractivity contribution in [3.05, 3.63) is 44.1 Å². The lowest BCUT2D eigenvalue weighted by Gasteiger charge is -2.11. The zero-order valence-electron chi connectivity index (χ0n) is 12.7. The Morgan fingerprint density at radius 1 is 1.40 bits per heavy atom. The van der Waals surface area contributed by atoms with E-state index in [1.807, 2.05) is 0 Å². The van der Waals surface area contributed by atoms with Crippen molar-refractivity contribution in [1.29, 1.82) is 0 Å². The van der Waals surface area contributed by atoms with Crippen molar-refractivity contribution in [1.82, 2.24) is 9.78 Å². The fourth-order valence-corrected chi connectivity index (χ4v) is 2.19. The number of hydrogen-bond donors (Lipinski definition) is 1. The first kappa shape index (κ1) is 18.5. The number of halogens is 4. The van der Waals surface area contributed by atoms with E-state index in [-0.39, 0.29) is 5.88 Å². The third-order valence-electron chi connectivity index (χ3n) is 3.33. The molecule has 1 heterocycles. The lowest BCUT2D eigenvalue weighted by molar-refractivity contribution is -0.385. The van der Waals surface area contributed by atoms with Gasteiger partial charge in [-0.15, -0.1) is 5.10 Å². The number of primary amides is 1. The monoisotopic (exact) mass is 378 g/mol. The molecule has 0 fully saturated rings. The molecule has 0 aliphatic heterocycles. The molecule has 0 spiro atoms. The van der Waals surface area contributed by atoms with E-state index in [0.29, 0.717) is 23.4 Å². The fraction of sp³-hybridized carbons (Fsp3) is 0.231. The van der Waals surface area contributed by atoms with Crippen LogP contribution in [-0.4, -0.2) is 20.7 Å². The minimum Gasteiger partial charge on any atom is -0.428 e. The van der Waals surface area contributed by atoms with Crippen LogP contribution in [0.4, 0.5) is 23.7 Å². The van der Waals surface area contributed by atoms with E-state index < -0.39 is 39.2 Å². The van der Waals surface area contributed by atoms with Gasteiger partial charge in [-0.25, -0.2) is 4.79 Å². The van der Waals surface area contributed by atoms with Crippen LogP contribution in [0.5, 0.6) is 11.6 Å². The van der Waals surface area contributed by atoms with E-state index >= 15 is 0 Å². The van der Waals surface area contributed by atoms with Crippen molar-refractivity contribution < 1.29 is 27.6 Å². The van der Waals surface area contributed by atoms with Gasteiger partial charge in [0.1, 0.15) is 0 Å². The Morgan fingerprint density at radius 2 is 2.00 bits per heavy atom. The summed E-state index contributed by atoms with van der Waals surface area (Å²) in [4.78, 5) is 21.3. The zero-order valence-corrected chi connectivity index (χ0v) is 13.5. The molecule has 2 aromatic rings. The molecule has 0 saturated carbocycles. The van der Waals surface area contributed by atoms with Crippen LogP contribution >= 0.6 is 11.6 Å². The van der Waals surface area contributed by atoms with Gasteiger partial charge >= 0.3 is 17.9 Å². The fourth-order valence-electron chi connectivity index (χ4n) is 1.94. The lowest BCUT2D eigenvalue weighted by Crippen LogP contribution is -2.22. The number of hydrogen-bond acceptors (Lipinski definition) is 5. The van der Waals surface area contributed by atoms with Crippen LogP contribution in [0, 0.1) is 24.0 Å². The Balaban J connectivity index is 2.59. The van der Waals surface area contributed by atoms with Gasteiger partial charge in [0.2, 0.25) is 11.6 Å².